The van der Waals surface area contributed by atoms with Crippen LogP contribution in [0.3, 0.4) is 0 Å². The van der Waals surface area contributed by atoms with Gasteiger partial charge in [0, 0.05) is 18.3 Å². The maximum Gasteiger partial charge on any atom is 0.247 e. The van der Waals surface area contributed by atoms with Gasteiger partial charge in [-0.3, -0.25) is 4.79 Å². The van der Waals surface area contributed by atoms with Crippen LogP contribution in [0.1, 0.15) is 11.4 Å². The summed E-state index contributed by atoms with van der Waals surface area (Å²) >= 11 is 1.60. The molecule has 0 bridgehead atoms. The van der Waals surface area contributed by atoms with Gasteiger partial charge in [0.05, 0.1) is 5.03 Å². The Hall–Kier alpha value is -2.14. The molecule has 0 atom stereocenters. The molecule has 4 nitrogen and oxygen atoms in total. The number of hydrogen-bond donors (Lipinski definition) is 1. The quantitative estimate of drug-likeness (QED) is 0.521. The number of benzene rings is 1. The molecule has 0 spiro atoms. The first-order valence-corrected chi connectivity index (χ1v) is 7.32. The van der Waals surface area contributed by atoms with Crippen LogP contribution >= 0.6 is 11.8 Å². The molecule has 0 saturated heterocycles. The lowest BCUT2D eigenvalue weighted by Crippen LogP contribution is -2.07. The van der Waals surface area contributed by atoms with E-state index in [-0.39, 0.29) is 5.91 Å². The fourth-order valence-electron chi connectivity index (χ4n) is 1.66. The van der Waals surface area contributed by atoms with Crippen LogP contribution in [-0.2, 0) is 11.2 Å². The molecule has 0 aliphatic heterocycles. The van der Waals surface area contributed by atoms with Gasteiger partial charge in [-0.15, -0.1) is 11.8 Å². The molecule has 1 amide bonds. The molecule has 0 radical (unpaired) electrons. The van der Waals surface area contributed by atoms with Crippen molar-refractivity contribution >= 4 is 23.4 Å². The number of thioether (sulfide) groups is 1. The van der Waals surface area contributed by atoms with Crippen LogP contribution in [0, 0.1) is 0 Å². The SMILES string of the molecule is C=CC(=O)Nc1ccc(Cc2nccc(SC)n2)cc1. The smallest absolute Gasteiger partial charge is 0.247 e. The van der Waals surface area contributed by atoms with Crippen LogP contribution in [0.15, 0.2) is 54.2 Å². The maximum absolute atomic E-state index is 11.2. The molecule has 1 heterocycles. The molecule has 1 aromatic carbocycles. The van der Waals surface area contributed by atoms with Crippen molar-refractivity contribution in [3.63, 3.8) is 0 Å². The zero-order valence-corrected chi connectivity index (χ0v) is 12.0. The molecular formula is C15H15N3OS. The van der Waals surface area contributed by atoms with Gasteiger partial charge in [-0.1, -0.05) is 18.7 Å². The lowest BCUT2D eigenvalue weighted by Gasteiger charge is -2.05. The number of aromatic nitrogens is 2. The molecule has 20 heavy (non-hydrogen) atoms. The molecule has 1 N–H and O–H groups in total. The highest BCUT2D eigenvalue weighted by Crippen LogP contribution is 2.14. The van der Waals surface area contributed by atoms with E-state index in [0.717, 1.165) is 22.1 Å². The number of amides is 1. The lowest BCUT2D eigenvalue weighted by molar-refractivity contribution is -0.111. The van der Waals surface area contributed by atoms with Gasteiger partial charge in [-0.05, 0) is 36.1 Å². The van der Waals surface area contributed by atoms with E-state index in [9.17, 15) is 4.79 Å². The summed E-state index contributed by atoms with van der Waals surface area (Å²) in [6.45, 7) is 3.42. The minimum atomic E-state index is -0.214. The summed E-state index contributed by atoms with van der Waals surface area (Å²) in [6.07, 6.45) is 5.68. The van der Waals surface area contributed by atoms with Crippen LogP contribution in [0.5, 0.6) is 0 Å². The van der Waals surface area contributed by atoms with Crippen molar-refractivity contribution in [3.05, 3.63) is 60.6 Å². The Kier molecular flexibility index (Phi) is 4.90. The van der Waals surface area contributed by atoms with Gasteiger partial charge in [0.15, 0.2) is 0 Å². The molecule has 2 rings (SSSR count). The van der Waals surface area contributed by atoms with Gasteiger partial charge < -0.3 is 5.32 Å². The molecule has 0 aliphatic rings. The van der Waals surface area contributed by atoms with Crippen LogP contribution in [-0.4, -0.2) is 22.1 Å². The summed E-state index contributed by atoms with van der Waals surface area (Å²) < 4.78 is 0. The fraction of sp³-hybridized carbons (Fsp3) is 0.133. The molecule has 2 aromatic rings. The average Bonchev–Trinajstić information content (AvgIpc) is 2.49. The van der Waals surface area contributed by atoms with Gasteiger partial charge in [0.2, 0.25) is 5.91 Å². The van der Waals surface area contributed by atoms with E-state index >= 15 is 0 Å². The van der Waals surface area contributed by atoms with E-state index in [2.05, 4.69) is 21.9 Å². The van der Waals surface area contributed by atoms with Crippen molar-refractivity contribution in [3.8, 4) is 0 Å². The van der Waals surface area contributed by atoms with E-state index in [4.69, 9.17) is 0 Å². The zero-order chi connectivity index (χ0) is 14.4. The third-order valence-corrected chi connectivity index (χ3v) is 3.30. The molecule has 0 fully saturated rings. The number of nitrogens with one attached hydrogen (secondary N) is 1. The zero-order valence-electron chi connectivity index (χ0n) is 11.2. The molecule has 0 aliphatic carbocycles. The second-order valence-electron chi connectivity index (χ2n) is 4.08. The monoisotopic (exact) mass is 285 g/mol. The summed E-state index contributed by atoms with van der Waals surface area (Å²) in [7, 11) is 0. The van der Waals surface area contributed by atoms with Crippen LogP contribution in [0.2, 0.25) is 0 Å². The minimum absolute atomic E-state index is 0.214. The highest BCUT2D eigenvalue weighted by Gasteiger charge is 2.02. The van der Waals surface area contributed by atoms with Gasteiger partial charge in [0.25, 0.3) is 0 Å². The van der Waals surface area contributed by atoms with Crippen molar-refractivity contribution in [1.29, 1.82) is 0 Å². The summed E-state index contributed by atoms with van der Waals surface area (Å²) in [5.41, 5.74) is 1.84. The number of rotatable bonds is 5. The molecule has 1 aromatic heterocycles. The van der Waals surface area contributed by atoms with Crippen LogP contribution in [0.4, 0.5) is 5.69 Å². The average molecular weight is 285 g/mol. The molecule has 0 unspecified atom stereocenters. The van der Waals surface area contributed by atoms with Gasteiger partial charge in [-0.2, -0.15) is 0 Å². The predicted molar refractivity (Wildman–Crippen MR) is 81.9 cm³/mol. The Morgan fingerprint density at radius 3 is 2.75 bits per heavy atom. The number of carbonyl (C=O) groups excluding carboxylic acids is 1. The standard InChI is InChI=1S/C15H15N3OS/c1-3-14(19)17-12-6-4-11(5-7-12)10-13-16-9-8-15(18-13)20-2/h3-9H,1,10H2,2H3,(H,17,19). The fourth-order valence-corrected chi connectivity index (χ4v) is 2.05. The predicted octanol–water partition coefficient (Wildman–Crippen LogP) is 2.91. The largest absolute Gasteiger partial charge is 0.323 e. The second kappa shape index (κ2) is 6.86. The summed E-state index contributed by atoms with van der Waals surface area (Å²) in [5, 5.41) is 3.67. The maximum atomic E-state index is 11.2. The van der Waals surface area contributed by atoms with Crippen LogP contribution in [0.25, 0.3) is 0 Å². The first-order valence-electron chi connectivity index (χ1n) is 6.09. The third kappa shape index (κ3) is 3.93. The van der Waals surface area contributed by atoms with Gasteiger partial charge in [-0.25, -0.2) is 9.97 Å². The first kappa shape index (κ1) is 14.3. The van der Waals surface area contributed by atoms with Gasteiger partial charge >= 0.3 is 0 Å². The topological polar surface area (TPSA) is 54.9 Å². The molecular weight excluding hydrogens is 270 g/mol. The molecule has 5 heteroatoms. The lowest BCUT2D eigenvalue weighted by atomic mass is 10.1. The highest BCUT2D eigenvalue weighted by atomic mass is 32.2. The Bertz CT molecular complexity index is 611. The van der Waals surface area contributed by atoms with E-state index in [1.807, 2.05) is 36.6 Å². The van der Waals surface area contributed by atoms with Crippen molar-refractivity contribution in [2.45, 2.75) is 11.4 Å². The Morgan fingerprint density at radius 2 is 2.10 bits per heavy atom. The normalized spacial score (nSPS) is 10.1. The number of anilines is 1. The van der Waals surface area contributed by atoms with Crippen molar-refractivity contribution in [2.24, 2.45) is 0 Å². The van der Waals surface area contributed by atoms with E-state index in [1.165, 1.54) is 6.08 Å². The van der Waals surface area contributed by atoms with Crippen molar-refractivity contribution < 1.29 is 4.79 Å². The molecule has 102 valence electrons. The van der Waals surface area contributed by atoms with Crippen molar-refractivity contribution in [1.82, 2.24) is 9.97 Å². The summed E-state index contributed by atoms with van der Waals surface area (Å²) in [6, 6.07) is 9.51. The Balaban J connectivity index is 2.06. The number of hydrogen-bond acceptors (Lipinski definition) is 4. The van der Waals surface area contributed by atoms with E-state index in [1.54, 1.807) is 18.0 Å². The van der Waals surface area contributed by atoms with Crippen molar-refractivity contribution in [2.75, 3.05) is 11.6 Å². The summed E-state index contributed by atoms with van der Waals surface area (Å²) in [5.74, 6) is 0.577. The Morgan fingerprint density at radius 1 is 1.35 bits per heavy atom. The van der Waals surface area contributed by atoms with Crippen LogP contribution < -0.4 is 5.32 Å². The summed E-state index contributed by atoms with van der Waals surface area (Å²) in [4.78, 5) is 19.9. The van der Waals surface area contributed by atoms with E-state index in [0.29, 0.717) is 6.42 Å². The van der Waals surface area contributed by atoms with Gasteiger partial charge in [0.1, 0.15) is 5.82 Å². The highest BCUT2D eigenvalue weighted by molar-refractivity contribution is 7.98. The number of nitrogens with zero attached hydrogens (tertiary/aromatic N) is 2. The molecule has 0 saturated carbocycles. The Labute approximate surface area is 122 Å². The third-order valence-electron chi connectivity index (χ3n) is 2.66. The number of carbonyl (C=O) groups is 1. The minimum Gasteiger partial charge on any atom is -0.323 e. The second-order valence-corrected chi connectivity index (χ2v) is 4.91. The first-order chi connectivity index (χ1) is 9.71. The van der Waals surface area contributed by atoms with E-state index < -0.39 is 0 Å².